The van der Waals surface area contributed by atoms with Gasteiger partial charge in [-0.25, -0.2) is 0 Å². The number of hydrogen-bond donors (Lipinski definition) is 1. The number of likely N-dealkylation sites (N-methyl/N-ethyl adjacent to an activating group) is 2. The topological polar surface area (TPSA) is 15.3 Å². The molecule has 0 saturated carbocycles. The van der Waals surface area contributed by atoms with Crippen LogP contribution >= 0.6 is 0 Å². The van der Waals surface area contributed by atoms with Crippen molar-refractivity contribution in [2.24, 2.45) is 0 Å². The lowest BCUT2D eigenvalue weighted by Crippen LogP contribution is -2.52. The minimum absolute atomic E-state index is 0.161. The molecule has 0 aliphatic rings. The molecule has 1 aromatic rings. The number of hydrogen-bond acceptors (Lipinski definition) is 2. The van der Waals surface area contributed by atoms with E-state index in [-0.39, 0.29) is 5.54 Å². The van der Waals surface area contributed by atoms with Crippen LogP contribution in [0.3, 0.4) is 0 Å². The fourth-order valence-corrected chi connectivity index (χ4v) is 3.41. The fourth-order valence-electron chi connectivity index (χ4n) is 3.41. The fraction of sp³-hybridized carbons (Fsp3) is 0.647. The van der Waals surface area contributed by atoms with Crippen molar-refractivity contribution in [1.82, 2.24) is 10.2 Å². The number of rotatable bonds is 6. The van der Waals surface area contributed by atoms with E-state index >= 15 is 0 Å². The lowest BCUT2D eigenvalue weighted by molar-refractivity contribution is 0.0915. The van der Waals surface area contributed by atoms with Gasteiger partial charge in [0.15, 0.2) is 0 Å². The van der Waals surface area contributed by atoms with Gasteiger partial charge in [0.2, 0.25) is 0 Å². The minimum Gasteiger partial charge on any atom is -0.311 e. The predicted octanol–water partition coefficient (Wildman–Crippen LogP) is 3.68. The van der Waals surface area contributed by atoms with Gasteiger partial charge in [-0.05, 0) is 59.0 Å². The molecule has 0 spiro atoms. The van der Waals surface area contributed by atoms with Crippen molar-refractivity contribution in [3.8, 4) is 0 Å². The highest BCUT2D eigenvalue weighted by atomic mass is 15.2. The Morgan fingerprint density at radius 3 is 2.11 bits per heavy atom. The minimum atomic E-state index is 0.161. The van der Waals surface area contributed by atoms with Crippen molar-refractivity contribution in [2.45, 2.75) is 52.1 Å². The first-order valence-corrected chi connectivity index (χ1v) is 7.34. The van der Waals surface area contributed by atoms with E-state index in [1.54, 1.807) is 0 Å². The average Bonchev–Trinajstić information content (AvgIpc) is 2.37. The van der Waals surface area contributed by atoms with Crippen LogP contribution < -0.4 is 5.32 Å². The molecule has 1 N–H and O–H groups in total. The summed E-state index contributed by atoms with van der Waals surface area (Å²) in [6, 6.07) is 7.15. The molecule has 1 aromatic carbocycles. The molecular weight excluding hydrogens is 232 g/mol. The van der Waals surface area contributed by atoms with Crippen LogP contribution in [0.1, 0.15) is 49.4 Å². The summed E-state index contributed by atoms with van der Waals surface area (Å²) in [6.07, 6.45) is 2.27. The predicted molar refractivity (Wildman–Crippen MR) is 84.7 cm³/mol. The van der Waals surface area contributed by atoms with Gasteiger partial charge in [0.25, 0.3) is 0 Å². The van der Waals surface area contributed by atoms with Crippen molar-refractivity contribution in [1.29, 1.82) is 0 Å². The summed E-state index contributed by atoms with van der Waals surface area (Å²) >= 11 is 0. The number of aryl methyl sites for hydroxylation is 2. The average molecular weight is 262 g/mol. The summed E-state index contributed by atoms with van der Waals surface area (Å²) in [5.41, 5.74) is 4.30. The molecule has 1 rings (SSSR count). The third-order valence-corrected chi connectivity index (χ3v) is 4.68. The molecule has 0 radical (unpaired) electrons. The Morgan fingerprint density at radius 2 is 1.74 bits per heavy atom. The van der Waals surface area contributed by atoms with E-state index in [1.807, 2.05) is 0 Å². The molecule has 0 saturated heterocycles. The Bertz CT molecular complexity index is 406. The molecule has 0 aliphatic heterocycles. The summed E-state index contributed by atoms with van der Waals surface area (Å²) in [7, 11) is 6.47. The van der Waals surface area contributed by atoms with E-state index in [0.29, 0.717) is 6.04 Å². The van der Waals surface area contributed by atoms with E-state index in [4.69, 9.17) is 0 Å². The quantitative estimate of drug-likeness (QED) is 0.841. The summed E-state index contributed by atoms with van der Waals surface area (Å²) in [5.74, 6) is 0. The van der Waals surface area contributed by atoms with Crippen LogP contribution in [-0.4, -0.2) is 31.6 Å². The van der Waals surface area contributed by atoms with Gasteiger partial charge >= 0.3 is 0 Å². The van der Waals surface area contributed by atoms with Crippen LogP contribution in [0, 0.1) is 13.8 Å². The van der Waals surface area contributed by atoms with Crippen LogP contribution in [0.4, 0.5) is 0 Å². The summed E-state index contributed by atoms with van der Waals surface area (Å²) < 4.78 is 0. The molecule has 2 heteroatoms. The van der Waals surface area contributed by atoms with Crippen LogP contribution in [0.2, 0.25) is 0 Å². The van der Waals surface area contributed by atoms with Gasteiger partial charge in [0.05, 0.1) is 6.04 Å². The van der Waals surface area contributed by atoms with Crippen LogP contribution in [-0.2, 0) is 0 Å². The van der Waals surface area contributed by atoms with Crippen LogP contribution in [0.25, 0.3) is 0 Å². The molecule has 0 amide bonds. The monoisotopic (exact) mass is 262 g/mol. The van der Waals surface area contributed by atoms with Gasteiger partial charge < -0.3 is 10.2 Å². The SMILES string of the molecule is CCC(CC)(C(NC)c1ccc(C)cc1C)N(C)C. The second-order valence-electron chi connectivity index (χ2n) is 5.79. The normalized spacial score (nSPS) is 13.9. The largest absolute Gasteiger partial charge is 0.311 e. The van der Waals surface area contributed by atoms with Crippen molar-refractivity contribution in [3.63, 3.8) is 0 Å². The highest BCUT2D eigenvalue weighted by Crippen LogP contribution is 2.37. The van der Waals surface area contributed by atoms with Crippen LogP contribution in [0.5, 0.6) is 0 Å². The highest BCUT2D eigenvalue weighted by Gasteiger charge is 2.38. The molecular formula is C17H30N2. The number of nitrogens with one attached hydrogen (secondary N) is 1. The zero-order chi connectivity index (χ0) is 14.6. The van der Waals surface area contributed by atoms with Gasteiger partial charge in [0, 0.05) is 5.54 Å². The maximum Gasteiger partial charge on any atom is 0.0506 e. The van der Waals surface area contributed by atoms with Gasteiger partial charge in [-0.2, -0.15) is 0 Å². The Balaban J connectivity index is 3.31. The van der Waals surface area contributed by atoms with E-state index in [2.05, 4.69) is 77.3 Å². The summed E-state index contributed by atoms with van der Waals surface area (Å²) in [5, 5.41) is 3.56. The summed E-state index contributed by atoms with van der Waals surface area (Å²) in [4.78, 5) is 2.38. The molecule has 0 fully saturated rings. The van der Waals surface area contributed by atoms with Gasteiger partial charge in [0.1, 0.15) is 0 Å². The van der Waals surface area contributed by atoms with Crippen molar-refractivity contribution < 1.29 is 0 Å². The first-order valence-electron chi connectivity index (χ1n) is 7.34. The molecule has 0 bridgehead atoms. The van der Waals surface area contributed by atoms with E-state index in [9.17, 15) is 0 Å². The van der Waals surface area contributed by atoms with Gasteiger partial charge in [-0.15, -0.1) is 0 Å². The smallest absolute Gasteiger partial charge is 0.0506 e. The second-order valence-corrected chi connectivity index (χ2v) is 5.79. The Labute approximate surface area is 119 Å². The molecule has 2 nitrogen and oxygen atoms in total. The first-order chi connectivity index (χ1) is 8.92. The van der Waals surface area contributed by atoms with E-state index in [0.717, 1.165) is 12.8 Å². The van der Waals surface area contributed by atoms with Gasteiger partial charge in [-0.1, -0.05) is 37.6 Å². The van der Waals surface area contributed by atoms with Gasteiger partial charge in [-0.3, -0.25) is 0 Å². The third-order valence-electron chi connectivity index (χ3n) is 4.68. The molecule has 108 valence electrons. The standard InChI is InChI=1S/C17H30N2/c1-8-17(9-2,19(6)7)16(18-5)15-11-10-13(3)12-14(15)4/h10-12,16,18H,8-9H2,1-7H3. The molecule has 1 atom stereocenters. The molecule has 0 aromatic heterocycles. The van der Waals surface area contributed by atoms with Crippen LogP contribution in [0.15, 0.2) is 18.2 Å². The third kappa shape index (κ3) is 3.01. The Morgan fingerprint density at radius 1 is 1.16 bits per heavy atom. The maximum atomic E-state index is 3.56. The van der Waals surface area contributed by atoms with E-state index in [1.165, 1.54) is 16.7 Å². The van der Waals surface area contributed by atoms with Crippen molar-refractivity contribution in [3.05, 3.63) is 34.9 Å². The number of benzene rings is 1. The lowest BCUT2D eigenvalue weighted by Gasteiger charge is -2.45. The Kier molecular flexibility index (Phi) is 5.57. The zero-order valence-electron chi connectivity index (χ0n) is 13.7. The molecule has 1 unspecified atom stereocenters. The highest BCUT2D eigenvalue weighted by molar-refractivity contribution is 5.35. The molecule has 0 heterocycles. The first kappa shape index (κ1) is 16.2. The maximum absolute atomic E-state index is 3.56. The zero-order valence-corrected chi connectivity index (χ0v) is 13.7. The lowest BCUT2D eigenvalue weighted by atomic mass is 9.78. The molecule has 0 aliphatic carbocycles. The van der Waals surface area contributed by atoms with Crippen molar-refractivity contribution >= 4 is 0 Å². The van der Waals surface area contributed by atoms with Crippen molar-refractivity contribution in [2.75, 3.05) is 21.1 Å². The number of nitrogens with zero attached hydrogens (tertiary/aromatic N) is 1. The summed E-state index contributed by atoms with van der Waals surface area (Å²) in [6.45, 7) is 8.96. The second kappa shape index (κ2) is 6.53. The van der Waals surface area contributed by atoms with E-state index < -0.39 is 0 Å². The Hall–Kier alpha value is -0.860. The molecule has 19 heavy (non-hydrogen) atoms.